The molecule has 7 nitrogen and oxygen atoms in total. The first-order chi connectivity index (χ1) is 11.6. The molecule has 0 aliphatic carbocycles. The van der Waals surface area contributed by atoms with Gasteiger partial charge in [-0.2, -0.15) is 5.26 Å². The van der Waals surface area contributed by atoms with Crippen LogP contribution in [-0.2, 0) is 11.3 Å². The van der Waals surface area contributed by atoms with Gasteiger partial charge in [-0.05, 0) is 28.5 Å². The highest BCUT2D eigenvalue weighted by Crippen LogP contribution is 2.19. The molecule has 0 aliphatic rings. The van der Waals surface area contributed by atoms with Crippen LogP contribution in [0.15, 0.2) is 35.5 Å². The second kappa shape index (κ2) is 9.03. The van der Waals surface area contributed by atoms with Gasteiger partial charge in [-0.15, -0.1) is 5.10 Å². The molecule has 24 heavy (non-hydrogen) atoms. The summed E-state index contributed by atoms with van der Waals surface area (Å²) in [5.41, 5.74) is 0.792. The van der Waals surface area contributed by atoms with Crippen LogP contribution in [0.4, 0.5) is 5.69 Å². The van der Waals surface area contributed by atoms with E-state index < -0.39 is 0 Å². The fourth-order valence-corrected chi connectivity index (χ4v) is 2.89. The van der Waals surface area contributed by atoms with Crippen molar-refractivity contribution in [3.63, 3.8) is 0 Å². The van der Waals surface area contributed by atoms with Gasteiger partial charge in [0.25, 0.3) is 0 Å². The van der Waals surface area contributed by atoms with Crippen LogP contribution in [0.2, 0.25) is 0 Å². The van der Waals surface area contributed by atoms with E-state index in [0.29, 0.717) is 24.2 Å². The first-order valence-corrected chi connectivity index (χ1v) is 8.71. The van der Waals surface area contributed by atoms with Crippen LogP contribution in [-0.4, -0.2) is 38.4 Å². The largest absolute Gasteiger partial charge is 0.311 e. The van der Waals surface area contributed by atoms with Gasteiger partial charge in [-0.25, -0.2) is 4.68 Å². The highest BCUT2D eigenvalue weighted by molar-refractivity contribution is 7.99. The van der Waals surface area contributed by atoms with Crippen molar-refractivity contribution < 1.29 is 4.79 Å². The quantitative estimate of drug-likeness (QED) is 0.683. The molecule has 0 unspecified atom stereocenters. The Morgan fingerprint density at radius 2 is 2.12 bits per heavy atom. The second-order valence-electron chi connectivity index (χ2n) is 5.62. The Kier molecular flexibility index (Phi) is 6.75. The van der Waals surface area contributed by atoms with Crippen molar-refractivity contribution in [2.75, 3.05) is 17.2 Å². The Labute approximate surface area is 145 Å². The Bertz CT molecular complexity index is 694. The highest BCUT2D eigenvalue weighted by atomic mass is 32.2. The van der Waals surface area contributed by atoms with Crippen LogP contribution in [0.5, 0.6) is 0 Å². The molecule has 2 rings (SSSR count). The number of thioether (sulfide) groups is 1. The number of carbonyl (C=O) groups excluding carboxylic acids is 1. The summed E-state index contributed by atoms with van der Waals surface area (Å²) < 4.78 is 1.71. The zero-order chi connectivity index (χ0) is 17.4. The van der Waals surface area contributed by atoms with Gasteiger partial charge in [0.05, 0.1) is 18.2 Å². The Balaban J connectivity index is 2.03. The molecule has 0 N–H and O–H groups in total. The minimum atomic E-state index is -0.0689. The van der Waals surface area contributed by atoms with Crippen molar-refractivity contribution in [2.24, 2.45) is 5.92 Å². The van der Waals surface area contributed by atoms with Crippen LogP contribution in [0.3, 0.4) is 0 Å². The Morgan fingerprint density at radius 1 is 1.38 bits per heavy atom. The number of rotatable bonds is 8. The molecule has 0 radical (unpaired) electrons. The average Bonchev–Trinajstić information content (AvgIpc) is 3.00. The van der Waals surface area contributed by atoms with Crippen LogP contribution < -0.4 is 4.90 Å². The van der Waals surface area contributed by atoms with Gasteiger partial charge in [0.2, 0.25) is 11.1 Å². The molecule has 0 saturated heterocycles. The number of hydrogen-bond donors (Lipinski definition) is 0. The molecule has 126 valence electrons. The monoisotopic (exact) mass is 344 g/mol. The SMILES string of the molecule is CC(C)Cn1nnnc1SCC(=O)N(CCC#N)c1ccccc1. The van der Waals surface area contributed by atoms with E-state index in [0.717, 1.165) is 5.69 Å². The van der Waals surface area contributed by atoms with Gasteiger partial charge < -0.3 is 4.90 Å². The summed E-state index contributed by atoms with van der Waals surface area (Å²) in [6, 6.07) is 11.5. The van der Waals surface area contributed by atoms with Gasteiger partial charge in [-0.1, -0.05) is 43.8 Å². The van der Waals surface area contributed by atoms with E-state index in [1.807, 2.05) is 30.3 Å². The lowest BCUT2D eigenvalue weighted by Gasteiger charge is -2.21. The second-order valence-corrected chi connectivity index (χ2v) is 6.56. The smallest absolute Gasteiger partial charge is 0.237 e. The van der Waals surface area contributed by atoms with E-state index in [1.54, 1.807) is 9.58 Å². The van der Waals surface area contributed by atoms with E-state index in [-0.39, 0.29) is 18.1 Å². The topological polar surface area (TPSA) is 87.7 Å². The predicted molar refractivity (Wildman–Crippen MR) is 92.4 cm³/mol. The standard InChI is InChI=1S/C16H20N6OS/c1-13(2)11-22-16(18-19-20-22)24-12-15(23)21(10-6-9-17)14-7-4-3-5-8-14/h3-5,7-8,13H,6,10-12H2,1-2H3. The minimum absolute atomic E-state index is 0.0689. The number of nitrogens with zero attached hydrogens (tertiary/aromatic N) is 6. The number of benzene rings is 1. The van der Waals surface area contributed by atoms with E-state index in [2.05, 4.69) is 35.4 Å². The van der Waals surface area contributed by atoms with Crippen molar-refractivity contribution in [3.05, 3.63) is 30.3 Å². The lowest BCUT2D eigenvalue weighted by atomic mass is 10.2. The molecule has 0 saturated carbocycles. The number of aromatic nitrogens is 4. The van der Waals surface area contributed by atoms with Crippen molar-refractivity contribution in [2.45, 2.75) is 32.0 Å². The van der Waals surface area contributed by atoms with Gasteiger partial charge in [-0.3, -0.25) is 4.79 Å². The summed E-state index contributed by atoms with van der Waals surface area (Å²) in [4.78, 5) is 14.2. The molecular weight excluding hydrogens is 324 g/mol. The molecule has 0 fully saturated rings. The number of amides is 1. The third kappa shape index (κ3) is 5.06. The molecule has 1 amide bonds. The van der Waals surface area contributed by atoms with Crippen molar-refractivity contribution in [1.82, 2.24) is 20.2 Å². The van der Waals surface area contributed by atoms with Crippen molar-refractivity contribution in [3.8, 4) is 6.07 Å². The van der Waals surface area contributed by atoms with Crippen LogP contribution in [0.1, 0.15) is 20.3 Å². The molecule has 0 bridgehead atoms. The number of anilines is 1. The van der Waals surface area contributed by atoms with Gasteiger partial charge in [0.1, 0.15) is 0 Å². The maximum absolute atomic E-state index is 12.6. The first kappa shape index (κ1) is 17.9. The normalized spacial score (nSPS) is 10.6. The third-order valence-electron chi connectivity index (χ3n) is 3.18. The summed E-state index contributed by atoms with van der Waals surface area (Å²) in [7, 11) is 0. The maximum Gasteiger partial charge on any atom is 0.237 e. The van der Waals surface area contributed by atoms with E-state index in [9.17, 15) is 4.79 Å². The number of carbonyl (C=O) groups is 1. The molecule has 1 heterocycles. The van der Waals surface area contributed by atoms with Gasteiger partial charge >= 0.3 is 0 Å². The van der Waals surface area contributed by atoms with Crippen LogP contribution >= 0.6 is 11.8 Å². The van der Waals surface area contributed by atoms with E-state index in [4.69, 9.17) is 5.26 Å². The van der Waals surface area contributed by atoms with Crippen LogP contribution in [0, 0.1) is 17.2 Å². The summed E-state index contributed by atoms with van der Waals surface area (Å²) >= 11 is 1.31. The lowest BCUT2D eigenvalue weighted by molar-refractivity contribution is -0.116. The van der Waals surface area contributed by atoms with E-state index in [1.165, 1.54) is 11.8 Å². The first-order valence-electron chi connectivity index (χ1n) is 7.73. The summed E-state index contributed by atoms with van der Waals surface area (Å²) in [5, 5.41) is 21.1. The molecule has 2 aromatic rings. The third-order valence-corrected chi connectivity index (χ3v) is 4.12. The molecule has 0 aliphatic heterocycles. The van der Waals surface area contributed by atoms with Gasteiger partial charge in [0.15, 0.2) is 0 Å². The molecule has 0 spiro atoms. The Hall–Kier alpha value is -2.40. The number of para-hydroxylation sites is 1. The molecule has 0 atom stereocenters. The van der Waals surface area contributed by atoms with Crippen LogP contribution in [0.25, 0.3) is 0 Å². The number of tetrazole rings is 1. The average molecular weight is 344 g/mol. The predicted octanol–water partition coefficient (Wildman–Crippen LogP) is 2.37. The summed E-state index contributed by atoms with van der Waals surface area (Å²) in [5.74, 6) is 0.569. The van der Waals surface area contributed by atoms with Gasteiger partial charge in [0, 0.05) is 18.8 Å². The number of nitriles is 1. The fourth-order valence-electron chi connectivity index (χ4n) is 2.13. The highest BCUT2D eigenvalue weighted by Gasteiger charge is 2.17. The zero-order valence-electron chi connectivity index (χ0n) is 13.8. The summed E-state index contributed by atoms with van der Waals surface area (Å²) in [6.07, 6.45) is 0.288. The summed E-state index contributed by atoms with van der Waals surface area (Å²) in [6.45, 7) is 5.25. The fraction of sp³-hybridized carbons (Fsp3) is 0.438. The molecule has 1 aromatic heterocycles. The molecule has 8 heteroatoms. The lowest BCUT2D eigenvalue weighted by Crippen LogP contribution is -2.33. The molecular formula is C16H20N6OS. The minimum Gasteiger partial charge on any atom is -0.311 e. The van der Waals surface area contributed by atoms with Crippen molar-refractivity contribution in [1.29, 1.82) is 5.26 Å². The van der Waals surface area contributed by atoms with E-state index >= 15 is 0 Å². The zero-order valence-corrected chi connectivity index (χ0v) is 14.6. The Morgan fingerprint density at radius 3 is 2.79 bits per heavy atom. The molecule has 1 aromatic carbocycles. The maximum atomic E-state index is 12.6. The number of hydrogen-bond acceptors (Lipinski definition) is 6. The van der Waals surface area contributed by atoms with Crippen molar-refractivity contribution >= 4 is 23.4 Å².